The molecule has 1 aliphatic carbocycles. The molecule has 0 aromatic carbocycles. The summed E-state index contributed by atoms with van der Waals surface area (Å²) in [6.45, 7) is 11.2. The van der Waals surface area contributed by atoms with Crippen LogP contribution in [0.5, 0.6) is 0 Å². The van der Waals surface area contributed by atoms with Gasteiger partial charge in [0, 0.05) is 18.7 Å². The maximum absolute atomic E-state index is 6.41. The molecule has 0 amide bonds. The van der Waals surface area contributed by atoms with Crippen LogP contribution < -0.4 is 5.73 Å². The van der Waals surface area contributed by atoms with Crippen LogP contribution in [-0.4, -0.2) is 15.8 Å². The molecule has 1 heterocycles. The van der Waals surface area contributed by atoms with Crippen LogP contribution in [0.3, 0.4) is 0 Å². The van der Waals surface area contributed by atoms with E-state index in [-0.39, 0.29) is 6.04 Å². The van der Waals surface area contributed by atoms with Gasteiger partial charge < -0.3 is 5.73 Å². The molecule has 1 fully saturated rings. The number of nitrogens with two attached hydrogens (primary N) is 1. The number of hydrogen-bond acceptors (Lipinski definition) is 2. The molecule has 1 saturated carbocycles. The summed E-state index contributed by atoms with van der Waals surface area (Å²) in [5.74, 6) is 0.542. The normalized spacial score (nSPS) is 23.1. The van der Waals surface area contributed by atoms with Crippen LogP contribution in [0.15, 0.2) is 0 Å². The molecule has 0 radical (unpaired) electrons. The maximum Gasteiger partial charge on any atom is 0.130 e. The van der Waals surface area contributed by atoms with Crippen molar-refractivity contribution in [1.82, 2.24) is 9.78 Å². The highest BCUT2D eigenvalue weighted by atomic mass is 35.5. The van der Waals surface area contributed by atoms with Crippen molar-refractivity contribution < 1.29 is 0 Å². The largest absolute Gasteiger partial charge is 0.327 e. The molecule has 1 unspecified atom stereocenters. The first kappa shape index (κ1) is 13.9. The second-order valence-corrected chi connectivity index (χ2v) is 7.13. The zero-order chi connectivity index (χ0) is 13.9. The fourth-order valence-corrected chi connectivity index (χ4v) is 3.83. The first-order valence-electron chi connectivity index (χ1n) is 6.54. The van der Waals surface area contributed by atoms with Crippen LogP contribution in [0, 0.1) is 23.7 Å². The van der Waals surface area contributed by atoms with E-state index >= 15 is 0 Å². The van der Waals surface area contributed by atoms with E-state index < -0.39 is 0 Å². The van der Waals surface area contributed by atoms with Crippen LogP contribution in [0.25, 0.3) is 0 Å². The van der Waals surface area contributed by atoms with Crippen molar-refractivity contribution in [3.05, 3.63) is 16.4 Å². The predicted octanol–water partition coefficient (Wildman–Crippen LogP) is 2.93. The average molecular weight is 270 g/mol. The maximum atomic E-state index is 6.41. The molecule has 1 atom stereocenters. The van der Waals surface area contributed by atoms with E-state index in [0.29, 0.717) is 16.7 Å². The van der Waals surface area contributed by atoms with Crippen LogP contribution in [0.1, 0.15) is 39.0 Å². The van der Waals surface area contributed by atoms with Crippen LogP contribution in [0.2, 0.25) is 5.15 Å². The second-order valence-electron chi connectivity index (χ2n) is 6.77. The minimum atomic E-state index is 0.149. The average Bonchev–Trinajstić information content (AvgIpc) is 2.51. The number of aromatic nitrogens is 2. The summed E-state index contributed by atoms with van der Waals surface area (Å²) in [6, 6.07) is 0.149. The summed E-state index contributed by atoms with van der Waals surface area (Å²) in [7, 11) is 1.87. The summed E-state index contributed by atoms with van der Waals surface area (Å²) in [5.41, 5.74) is 9.14. The van der Waals surface area contributed by atoms with Gasteiger partial charge in [-0.05, 0) is 30.1 Å². The van der Waals surface area contributed by atoms with E-state index in [0.717, 1.165) is 22.8 Å². The van der Waals surface area contributed by atoms with Crippen LogP contribution in [-0.2, 0) is 13.5 Å². The third-order valence-electron chi connectivity index (χ3n) is 5.27. The topological polar surface area (TPSA) is 43.8 Å². The fourth-order valence-electron chi connectivity index (χ4n) is 3.58. The van der Waals surface area contributed by atoms with Crippen LogP contribution >= 0.6 is 11.6 Å². The van der Waals surface area contributed by atoms with E-state index in [1.165, 1.54) is 0 Å². The van der Waals surface area contributed by atoms with Crippen LogP contribution in [0.4, 0.5) is 0 Å². The Labute approximate surface area is 115 Å². The van der Waals surface area contributed by atoms with E-state index in [9.17, 15) is 0 Å². The summed E-state index contributed by atoms with van der Waals surface area (Å²) in [6.07, 6.45) is 0.816. The van der Waals surface area contributed by atoms with Gasteiger partial charge in [0.15, 0.2) is 0 Å². The van der Waals surface area contributed by atoms with Gasteiger partial charge in [0.25, 0.3) is 0 Å². The monoisotopic (exact) mass is 269 g/mol. The number of rotatable bonds is 3. The first-order valence-corrected chi connectivity index (χ1v) is 6.92. The molecule has 4 heteroatoms. The Morgan fingerprint density at radius 3 is 2.17 bits per heavy atom. The quantitative estimate of drug-likeness (QED) is 0.917. The Bertz CT molecular complexity index is 460. The summed E-state index contributed by atoms with van der Waals surface area (Å²) < 4.78 is 1.72. The van der Waals surface area contributed by atoms with Crippen molar-refractivity contribution in [1.29, 1.82) is 0 Å². The summed E-state index contributed by atoms with van der Waals surface area (Å²) in [4.78, 5) is 0. The van der Waals surface area contributed by atoms with Gasteiger partial charge in [0.2, 0.25) is 0 Å². The lowest BCUT2D eigenvalue weighted by atomic mass is 9.98. The van der Waals surface area contributed by atoms with Gasteiger partial charge >= 0.3 is 0 Å². The third-order valence-corrected chi connectivity index (χ3v) is 5.74. The van der Waals surface area contributed by atoms with Crippen molar-refractivity contribution in [3.8, 4) is 0 Å². The smallest absolute Gasteiger partial charge is 0.130 e. The Balaban J connectivity index is 2.17. The molecule has 1 aromatic rings. The highest BCUT2D eigenvalue weighted by Gasteiger charge is 2.66. The van der Waals surface area contributed by atoms with Crippen molar-refractivity contribution in [2.24, 2.45) is 29.5 Å². The SMILES string of the molecule is Cc1nn(C)c(Cl)c1CC(N)C1C(C)(C)C1(C)C. The van der Waals surface area contributed by atoms with Crippen molar-refractivity contribution in [3.63, 3.8) is 0 Å². The molecule has 2 N–H and O–H groups in total. The molecule has 3 nitrogen and oxygen atoms in total. The van der Waals surface area contributed by atoms with Crippen molar-refractivity contribution in [2.45, 2.75) is 47.1 Å². The van der Waals surface area contributed by atoms with Gasteiger partial charge in [-0.2, -0.15) is 5.10 Å². The Morgan fingerprint density at radius 2 is 1.83 bits per heavy atom. The molecule has 1 aliphatic rings. The van der Waals surface area contributed by atoms with Gasteiger partial charge in [-0.15, -0.1) is 0 Å². The molecule has 102 valence electrons. The minimum absolute atomic E-state index is 0.149. The number of halogens is 1. The molecule has 1 aromatic heterocycles. The molecule has 0 bridgehead atoms. The van der Waals surface area contributed by atoms with E-state index in [4.69, 9.17) is 17.3 Å². The Morgan fingerprint density at radius 1 is 1.33 bits per heavy atom. The standard InChI is InChI=1S/C14H24ClN3/c1-8-9(12(15)18(6)17-8)7-10(16)11-13(2,3)14(11,4)5/h10-11H,7,16H2,1-6H3. The lowest BCUT2D eigenvalue weighted by Gasteiger charge is -2.13. The highest BCUT2D eigenvalue weighted by molar-refractivity contribution is 6.30. The minimum Gasteiger partial charge on any atom is -0.327 e. The van der Waals surface area contributed by atoms with E-state index in [2.05, 4.69) is 32.8 Å². The number of nitrogens with zero attached hydrogens (tertiary/aromatic N) is 2. The lowest BCUT2D eigenvalue weighted by Crippen LogP contribution is -2.28. The van der Waals surface area contributed by atoms with Gasteiger partial charge in [0.1, 0.15) is 5.15 Å². The molecule has 2 rings (SSSR count). The summed E-state index contributed by atoms with van der Waals surface area (Å²) in [5, 5.41) is 5.07. The second kappa shape index (κ2) is 3.97. The first-order chi connectivity index (χ1) is 8.10. The molecule has 18 heavy (non-hydrogen) atoms. The molecular weight excluding hydrogens is 246 g/mol. The Kier molecular flexibility index (Phi) is 3.07. The molecule has 0 aliphatic heterocycles. The van der Waals surface area contributed by atoms with Crippen molar-refractivity contribution >= 4 is 11.6 Å². The van der Waals surface area contributed by atoms with Gasteiger partial charge in [0.05, 0.1) is 5.69 Å². The highest BCUT2D eigenvalue weighted by Crippen LogP contribution is 2.69. The van der Waals surface area contributed by atoms with Gasteiger partial charge in [-0.3, -0.25) is 4.68 Å². The van der Waals surface area contributed by atoms with E-state index in [1.807, 2.05) is 14.0 Å². The molecule has 0 spiro atoms. The molecule has 0 saturated heterocycles. The van der Waals surface area contributed by atoms with Gasteiger partial charge in [-0.1, -0.05) is 39.3 Å². The zero-order valence-electron chi connectivity index (χ0n) is 12.2. The fraction of sp³-hybridized carbons (Fsp3) is 0.786. The lowest BCUT2D eigenvalue weighted by molar-refractivity contribution is 0.457. The van der Waals surface area contributed by atoms with Crippen molar-refractivity contribution in [2.75, 3.05) is 0 Å². The zero-order valence-corrected chi connectivity index (χ0v) is 13.0. The Hall–Kier alpha value is -0.540. The van der Waals surface area contributed by atoms with E-state index in [1.54, 1.807) is 4.68 Å². The number of hydrogen-bond donors (Lipinski definition) is 1. The summed E-state index contributed by atoms with van der Waals surface area (Å²) >= 11 is 6.27. The third kappa shape index (κ3) is 1.79. The van der Waals surface area contributed by atoms with Gasteiger partial charge in [-0.25, -0.2) is 0 Å². The predicted molar refractivity (Wildman–Crippen MR) is 75.7 cm³/mol. The molecular formula is C14H24ClN3. The number of aryl methyl sites for hydroxylation is 2.